The summed E-state index contributed by atoms with van der Waals surface area (Å²) in [6, 6.07) is 3.32. The van der Waals surface area contributed by atoms with Crippen LogP contribution in [-0.4, -0.2) is 96.3 Å². The molecule has 0 aromatic carbocycles. The summed E-state index contributed by atoms with van der Waals surface area (Å²) >= 11 is 0. The normalized spacial score (nSPS) is 22.6. The van der Waals surface area contributed by atoms with Gasteiger partial charge in [0.2, 0.25) is 0 Å². The quantitative estimate of drug-likeness (QED) is 0.764. The summed E-state index contributed by atoms with van der Waals surface area (Å²) in [7, 11) is 0. The van der Waals surface area contributed by atoms with Crippen LogP contribution in [0, 0.1) is 0 Å². The van der Waals surface area contributed by atoms with Crippen LogP contribution in [0.1, 0.15) is 40.6 Å². The van der Waals surface area contributed by atoms with E-state index in [4.69, 9.17) is 9.47 Å². The highest BCUT2D eigenvalue weighted by Crippen LogP contribution is 2.31. The highest BCUT2D eigenvalue weighted by molar-refractivity contribution is 5.98. The molecule has 0 bridgehead atoms. The largest absolute Gasteiger partial charge is 0.347 e. The van der Waals surface area contributed by atoms with Gasteiger partial charge in [0, 0.05) is 63.9 Å². The van der Waals surface area contributed by atoms with Crippen LogP contribution in [0.2, 0.25) is 0 Å². The van der Waals surface area contributed by atoms with Crippen LogP contribution in [0.3, 0.4) is 0 Å². The Morgan fingerprint density at radius 1 is 1.00 bits per heavy atom. The number of ether oxygens (including phenoxy) is 2. The Balaban J connectivity index is 1.39. The van der Waals surface area contributed by atoms with Gasteiger partial charge in [0.1, 0.15) is 5.69 Å². The lowest BCUT2D eigenvalue weighted by molar-refractivity contribution is -0.181. The average molecular weight is 388 g/mol. The van der Waals surface area contributed by atoms with Crippen molar-refractivity contribution in [3.63, 3.8) is 0 Å². The first-order valence-electron chi connectivity index (χ1n) is 10.2. The number of amides is 2. The minimum absolute atomic E-state index is 0.0300. The van der Waals surface area contributed by atoms with E-state index in [1.165, 1.54) is 0 Å². The Morgan fingerprint density at radius 3 is 2.29 bits per heavy atom. The first kappa shape index (κ1) is 19.3. The summed E-state index contributed by atoms with van der Waals surface area (Å²) in [6.07, 6.45) is 2.88. The second kappa shape index (κ2) is 8.14. The number of likely N-dealkylation sites (N-methyl/N-ethyl adjacent to an activating group) is 1. The number of hydrogen-bond donors (Lipinski definition) is 0. The molecule has 1 spiro atoms. The van der Waals surface area contributed by atoms with Gasteiger partial charge in [0.15, 0.2) is 5.79 Å². The summed E-state index contributed by atoms with van der Waals surface area (Å²) < 4.78 is 11.4. The van der Waals surface area contributed by atoms with Gasteiger partial charge in [-0.05, 0) is 18.7 Å². The molecule has 1 aromatic rings. The molecule has 4 rings (SSSR count). The zero-order valence-electron chi connectivity index (χ0n) is 16.4. The molecule has 0 atom stereocenters. The van der Waals surface area contributed by atoms with Gasteiger partial charge in [-0.2, -0.15) is 0 Å². The van der Waals surface area contributed by atoms with Gasteiger partial charge < -0.3 is 24.2 Å². The van der Waals surface area contributed by atoms with Gasteiger partial charge in [-0.25, -0.2) is 0 Å². The monoisotopic (exact) mass is 388 g/mol. The van der Waals surface area contributed by atoms with Crippen molar-refractivity contribution in [2.45, 2.75) is 25.6 Å². The molecule has 2 amide bonds. The van der Waals surface area contributed by atoms with Gasteiger partial charge in [-0.3, -0.25) is 14.6 Å². The number of nitrogens with zero attached hydrogens (tertiary/aromatic N) is 4. The lowest BCUT2D eigenvalue weighted by Crippen LogP contribution is -2.48. The lowest BCUT2D eigenvalue weighted by atomic mass is 10.0. The number of hydrogen-bond acceptors (Lipinski definition) is 6. The number of carbonyl (C=O) groups is 2. The topological polar surface area (TPSA) is 75.2 Å². The van der Waals surface area contributed by atoms with Crippen LogP contribution in [0.5, 0.6) is 0 Å². The van der Waals surface area contributed by atoms with Gasteiger partial charge in [0.25, 0.3) is 11.8 Å². The van der Waals surface area contributed by atoms with Crippen molar-refractivity contribution in [1.29, 1.82) is 0 Å². The molecule has 152 valence electrons. The van der Waals surface area contributed by atoms with Crippen molar-refractivity contribution >= 4 is 11.8 Å². The van der Waals surface area contributed by atoms with Crippen LogP contribution in [0.15, 0.2) is 18.3 Å². The number of piperazine rings is 1. The van der Waals surface area contributed by atoms with E-state index < -0.39 is 5.79 Å². The Hall–Kier alpha value is -2.03. The predicted molar refractivity (Wildman–Crippen MR) is 102 cm³/mol. The molecule has 3 aliphatic rings. The van der Waals surface area contributed by atoms with Gasteiger partial charge >= 0.3 is 0 Å². The molecule has 4 heterocycles. The summed E-state index contributed by atoms with van der Waals surface area (Å²) in [6.45, 7) is 8.71. The van der Waals surface area contributed by atoms with Crippen molar-refractivity contribution in [2.75, 3.05) is 59.0 Å². The van der Waals surface area contributed by atoms with E-state index in [1.54, 1.807) is 23.2 Å². The summed E-state index contributed by atoms with van der Waals surface area (Å²) in [4.78, 5) is 35.9. The third-order valence-electron chi connectivity index (χ3n) is 5.96. The Bertz CT molecular complexity index is 717. The number of rotatable bonds is 3. The van der Waals surface area contributed by atoms with E-state index in [1.807, 2.05) is 4.90 Å². The average Bonchev–Trinajstić information content (AvgIpc) is 3.21. The highest BCUT2D eigenvalue weighted by atomic mass is 16.7. The third kappa shape index (κ3) is 3.90. The van der Waals surface area contributed by atoms with Crippen molar-refractivity contribution in [3.8, 4) is 0 Å². The van der Waals surface area contributed by atoms with E-state index >= 15 is 0 Å². The van der Waals surface area contributed by atoms with Crippen LogP contribution >= 0.6 is 0 Å². The van der Waals surface area contributed by atoms with Crippen LogP contribution in [-0.2, 0) is 9.47 Å². The molecule has 0 aliphatic carbocycles. The molecule has 0 saturated carbocycles. The summed E-state index contributed by atoms with van der Waals surface area (Å²) in [5, 5.41) is 0. The van der Waals surface area contributed by atoms with E-state index in [0.29, 0.717) is 63.5 Å². The van der Waals surface area contributed by atoms with Crippen LogP contribution in [0.4, 0.5) is 0 Å². The molecule has 1 aromatic heterocycles. The number of pyridine rings is 1. The Morgan fingerprint density at radius 2 is 1.64 bits per heavy atom. The molecule has 8 heteroatoms. The minimum Gasteiger partial charge on any atom is -0.347 e. The standard InChI is InChI=1S/C20H28N4O4/c1-2-22-9-11-24(12-10-22)18(25)16-3-6-21-17(15-16)19(26)23-7-4-20(5-8-23)27-13-14-28-20/h3,6,15H,2,4-5,7-14H2,1H3. The second-order valence-corrected chi connectivity index (χ2v) is 7.56. The smallest absolute Gasteiger partial charge is 0.272 e. The molecular weight excluding hydrogens is 360 g/mol. The molecule has 3 aliphatic heterocycles. The van der Waals surface area contributed by atoms with Crippen molar-refractivity contribution in [2.24, 2.45) is 0 Å². The first-order chi connectivity index (χ1) is 13.6. The van der Waals surface area contributed by atoms with Crippen LogP contribution < -0.4 is 0 Å². The Labute approximate surface area is 165 Å². The molecular formula is C20H28N4O4. The fourth-order valence-electron chi connectivity index (χ4n) is 4.13. The number of aromatic nitrogens is 1. The molecule has 8 nitrogen and oxygen atoms in total. The van der Waals surface area contributed by atoms with E-state index in [-0.39, 0.29) is 11.8 Å². The number of piperidine rings is 1. The summed E-state index contributed by atoms with van der Waals surface area (Å²) in [5.74, 6) is -0.682. The second-order valence-electron chi connectivity index (χ2n) is 7.56. The van der Waals surface area contributed by atoms with Gasteiger partial charge in [-0.1, -0.05) is 6.92 Å². The molecule has 0 N–H and O–H groups in total. The van der Waals surface area contributed by atoms with Crippen LogP contribution in [0.25, 0.3) is 0 Å². The third-order valence-corrected chi connectivity index (χ3v) is 5.96. The lowest BCUT2D eigenvalue weighted by Gasteiger charge is -2.37. The predicted octanol–water partition coefficient (Wildman–Crippen LogP) is 0.838. The van der Waals surface area contributed by atoms with E-state index in [0.717, 1.165) is 19.6 Å². The molecule has 28 heavy (non-hydrogen) atoms. The maximum absolute atomic E-state index is 12.9. The van der Waals surface area contributed by atoms with Crippen molar-refractivity contribution < 1.29 is 19.1 Å². The maximum atomic E-state index is 12.9. The Kier molecular flexibility index (Phi) is 5.61. The maximum Gasteiger partial charge on any atom is 0.272 e. The van der Waals surface area contributed by atoms with Crippen molar-refractivity contribution in [1.82, 2.24) is 19.7 Å². The van der Waals surface area contributed by atoms with E-state index in [2.05, 4.69) is 16.8 Å². The minimum atomic E-state index is -0.511. The first-order valence-corrected chi connectivity index (χ1v) is 10.2. The molecule has 0 radical (unpaired) electrons. The van der Waals surface area contributed by atoms with Gasteiger partial charge in [0.05, 0.1) is 13.2 Å². The molecule has 0 unspecified atom stereocenters. The number of carbonyl (C=O) groups excluding carboxylic acids is 2. The SMILES string of the molecule is CCN1CCN(C(=O)c2ccnc(C(=O)N3CCC4(CC3)OCCO4)c2)CC1. The fraction of sp³-hybridized carbons (Fsp3) is 0.650. The zero-order chi connectivity index (χ0) is 19.6. The van der Waals surface area contributed by atoms with Gasteiger partial charge in [-0.15, -0.1) is 0 Å². The molecule has 3 fully saturated rings. The number of likely N-dealkylation sites (tertiary alicyclic amines) is 1. The molecule has 3 saturated heterocycles. The van der Waals surface area contributed by atoms with Crippen molar-refractivity contribution in [3.05, 3.63) is 29.6 Å². The summed E-state index contributed by atoms with van der Waals surface area (Å²) in [5.41, 5.74) is 0.849. The highest BCUT2D eigenvalue weighted by Gasteiger charge is 2.41. The van der Waals surface area contributed by atoms with E-state index in [9.17, 15) is 9.59 Å². The zero-order valence-corrected chi connectivity index (χ0v) is 16.4. The fourth-order valence-corrected chi connectivity index (χ4v) is 4.13.